The third-order valence-electron chi connectivity index (χ3n) is 5.05. The van der Waals surface area contributed by atoms with E-state index >= 15 is 0 Å². The van der Waals surface area contributed by atoms with Crippen LogP contribution in [0.4, 0.5) is 0 Å². The van der Waals surface area contributed by atoms with Gasteiger partial charge in [0.05, 0.1) is 23.1 Å². The van der Waals surface area contributed by atoms with E-state index in [1.54, 1.807) is 0 Å². The first-order valence-electron chi connectivity index (χ1n) is 9.11. The molecule has 0 radical (unpaired) electrons. The van der Waals surface area contributed by atoms with Crippen LogP contribution in [0.1, 0.15) is 58.3 Å². The maximum atomic E-state index is 13.0. The maximum absolute atomic E-state index is 13.0. The van der Waals surface area contributed by atoms with E-state index in [1.807, 2.05) is 44.0 Å². The highest BCUT2D eigenvalue weighted by Crippen LogP contribution is 2.34. The molecule has 27 heavy (non-hydrogen) atoms. The third-order valence-corrected chi connectivity index (χ3v) is 5.80. The highest BCUT2D eigenvalue weighted by atomic mass is 32.1. The van der Waals surface area contributed by atoms with E-state index in [1.165, 1.54) is 11.5 Å². The van der Waals surface area contributed by atoms with E-state index in [2.05, 4.69) is 19.7 Å². The van der Waals surface area contributed by atoms with Gasteiger partial charge in [0.15, 0.2) is 0 Å². The zero-order chi connectivity index (χ0) is 19.0. The van der Waals surface area contributed by atoms with Crippen molar-refractivity contribution in [1.29, 1.82) is 0 Å². The fraction of sp³-hybridized carbons (Fsp3) is 0.421. The van der Waals surface area contributed by atoms with Crippen LogP contribution in [-0.2, 0) is 6.42 Å². The van der Waals surface area contributed by atoms with E-state index in [-0.39, 0.29) is 11.9 Å². The number of aromatic nitrogens is 4. The highest BCUT2D eigenvalue weighted by Gasteiger charge is 2.33. The Morgan fingerprint density at radius 3 is 2.89 bits per heavy atom. The molecule has 0 bridgehead atoms. The van der Waals surface area contributed by atoms with Gasteiger partial charge in [0.2, 0.25) is 0 Å². The number of carbonyl (C=O) groups excluding carboxylic acids is 1. The first kappa shape index (κ1) is 17.8. The summed E-state index contributed by atoms with van der Waals surface area (Å²) in [6.07, 6.45) is 4.43. The molecule has 8 heteroatoms. The highest BCUT2D eigenvalue weighted by molar-refractivity contribution is 7.08. The van der Waals surface area contributed by atoms with Gasteiger partial charge >= 0.3 is 0 Å². The molecule has 1 fully saturated rings. The minimum Gasteiger partial charge on any atom is -0.361 e. The predicted octanol–water partition coefficient (Wildman–Crippen LogP) is 3.74. The predicted molar refractivity (Wildman–Crippen MR) is 102 cm³/mol. The first-order chi connectivity index (χ1) is 13.1. The van der Waals surface area contributed by atoms with Crippen LogP contribution in [0.5, 0.6) is 0 Å². The van der Waals surface area contributed by atoms with Crippen molar-refractivity contribution in [3.8, 4) is 11.1 Å². The molecule has 1 aliphatic heterocycles. The average Bonchev–Trinajstić information content (AvgIpc) is 3.41. The number of amides is 1. The summed E-state index contributed by atoms with van der Waals surface area (Å²) < 4.78 is 9.20. The number of hydrogen-bond donors (Lipinski definition) is 0. The molecule has 0 N–H and O–H groups in total. The smallest absolute Gasteiger partial charge is 0.268 e. The maximum Gasteiger partial charge on any atom is 0.268 e. The van der Waals surface area contributed by atoms with Crippen LogP contribution >= 0.6 is 11.5 Å². The molecule has 3 aromatic heterocycles. The van der Waals surface area contributed by atoms with Crippen molar-refractivity contribution in [2.45, 2.75) is 46.1 Å². The lowest BCUT2D eigenvalue weighted by atomic mass is 10.0. The van der Waals surface area contributed by atoms with Crippen LogP contribution in [0.25, 0.3) is 11.1 Å². The van der Waals surface area contributed by atoms with Gasteiger partial charge in [0, 0.05) is 23.9 Å². The largest absolute Gasteiger partial charge is 0.361 e. The Bertz CT molecular complexity index is 943. The van der Waals surface area contributed by atoms with Crippen molar-refractivity contribution in [2.75, 3.05) is 6.54 Å². The summed E-state index contributed by atoms with van der Waals surface area (Å²) in [5.74, 6) is 0.797. The van der Waals surface area contributed by atoms with Gasteiger partial charge in [-0.25, -0.2) is 0 Å². The lowest BCUT2D eigenvalue weighted by Gasteiger charge is -2.24. The number of rotatable bonds is 4. The van der Waals surface area contributed by atoms with E-state index in [0.29, 0.717) is 11.3 Å². The molecule has 7 nitrogen and oxygen atoms in total. The molecule has 0 spiro atoms. The van der Waals surface area contributed by atoms with Gasteiger partial charge in [-0.2, -0.15) is 0 Å². The molecule has 4 rings (SSSR count). The standard InChI is InChI=1S/C19H21N5O2S/c1-4-14-18(27-23-21-14)19(25)24-9-5-6-16(24)15-8-7-13(10-20-15)17-11(2)22-26-12(17)3/h7-8,10,16H,4-6,9H2,1-3H3/t16-/m0/s1. The number of carbonyl (C=O) groups is 1. The number of pyridine rings is 1. The van der Waals surface area contributed by atoms with Crippen molar-refractivity contribution >= 4 is 17.4 Å². The second kappa shape index (κ2) is 7.19. The first-order valence-corrected chi connectivity index (χ1v) is 9.88. The summed E-state index contributed by atoms with van der Waals surface area (Å²) in [6.45, 7) is 6.54. The summed E-state index contributed by atoms with van der Waals surface area (Å²) in [5.41, 5.74) is 4.50. The van der Waals surface area contributed by atoms with Gasteiger partial charge in [0.1, 0.15) is 10.6 Å². The fourth-order valence-electron chi connectivity index (χ4n) is 3.70. The van der Waals surface area contributed by atoms with Gasteiger partial charge in [-0.1, -0.05) is 22.6 Å². The Kier molecular flexibility index (Phi) is 4.73. The number of likely N-dealkylation sites (tertiary alicyclic amines) is 1. The SMILES string of the molecule is CCc1nnsc1C(=O)N1CCC[C@H]1c1ccc(-c2c(C)noc2C)cn1. The molecular formula is C19H21N5O2S. The fourth-order valence-corrected chi connectivity index (χ4v) is 4.40. The number of aryl methyl sites for hydroxylation is 3. The Hall–Kier alpha value is -2.61. The molecule has 0 saturated carbocycles. The minimum absolute atomic E-state index is 0.0111. The van der Waals surface area contributed by atoms with Gasteiger partial charge in [-0.15, -0.1) is 5.10 Å². The van der Waals surface area contributed by atoms with Crippen LogP contribution in [0, 0.1) is 13.8 Å². The van der Waals surface area contributed by atoms with E-state index in [0.717, 1.165) is 53.4 Å². The van der Waals surface area contributed by atoms with E-state index in [9.17, 15) is 4.79 Å². The van der Waals surface area contributed by atoms with Crippen LogP contribution in [0.15, 0.2) is 22.9 Å². The molecule has 0 aliphatic carbocycles. The van der Waals surface area contributed by atoms with Crippen molar-refractivity contribution in [1.82, 2.24) is 24.6 Å². The van der Waals surface area contributed by atoms with Crippen LogP contribution < -0.4 is 0 Å². The van der Waals surface area contributed by atoms with Crippen molar-refractivity contribution < 1.29 is 9.32 Å². The lowest BCUT2D eigenvalue weighted by Crippen LogP contribution is -2.31. The Morgan fingerprint density at radius 1 is 1.37 bits per heavy atom. The van der Waals surface area contributed by atoms with Crippen LogP contribution in [-0.4, -0.2) is 37.1 Å². The summed E-state index contributed by atoms with van der Waals surface area (Å²) in [6, 6.07) is 4.02. The molecule has 1 saturated heterocycles. The molecule has 0 unspecified atom stereocenters. The van der Waals surface area contributed by atoms with Crippen molar-refractivity contribution in [3.63, 3.8) is 0 Å². The third kappa shape index (κ3) is 3.14. The second-order valence-electron chi connectivity index (χ2n) is 6.73. The van der Waals surface area contributed by atoms with Crippen LogP contribution in [0.2, 0.25) is 0 Å². The lowest BCUT2D eigenvalue weighted by molar-refractivity contribution is 0.0736. The topological polar surface area (TPSA) is 85.0 Å². The summed E-state index contributed by atoms with van der Waals surface area (Å²) in [7, 11) is 0. The summed E-state index contributed by atoms with van der Waals surface area (Å²) in [5, 5.41) is 8.08. The molecule has 0 aromatic carbocycles. The minimum atomic E-state index is -0.0111. The van der Waals surface area contributed by atoms with Gasteiger partial charge in [0.25, 0.3) is 5.91 Å². The molecule has 1 atom stereocenters. The quantitative estimate of drug-likeness (QED) is 0.682. The van der Waals surface area contributed by atoms with Crippen molar-refractivity contribution in [3.05, 3.63) is 46.0 Å². The zero-order valence-corrected chi connectivity index (χ0v) is 16.4. The monoisotopic (exact) mass is 383 g/mol. The Balaban J connectivity index is 1.60. The summed E-state index contributed by atoms with van der Waals surface area (Å²) >= 11 is 1.18. The normalized spacial score (nSPS) is 16.9. The molecule has 1 amide bonds. The van der Waals surface area contributed by atoms with Gasteiger partial charge in [-0.05, 0) is 50.7 Å². The Labute approximate surface area is 161 Å². The number of nitrogens with zero attached hydrogens (tertiary/aromatic N) is 5. The molecular weight excluding hydrogens is 362 g/mol. The number of hydrogen-bond acceptors (Lipinski definition) is 7. The van der Waals surface area contributed by atoms with E-state index in [4.69, 9.17) is 4.52 Å². The van der Waals surface area contributed by atoms with Gasteiger partial charge in [-0.3, -0.25) is 9.78 Å². The molecule has 4 heterocycles. The van der Waals surface area contributed by atoms with Crippen LogP contribution in [0.3, 0.4) is 0 Å². The molecule has 1 aliphatic rings. The van der Waals surface area contributed by atoms with E-state index < -0.39 is 0 Å². The summed E-state index contributed by atoms with van der Waals surface area (Å²) in [4.78, 5) is 20.2. The molecule has 3 aromatic rings. The second-order valence-corrected chi connectivity index (χ2v) is 7.48. The van der Waals surface area contributed by atoms with Gasteiger partial charge < -0.3 is 9.42 Å². The average molecular weight is 383 g/mol. The van der Waals surface area contributed by atoms with Crippen molar-refractivity contribution in [2.24, 2.45) is 0 Å². The zero-order valence-electron chi connectivity index (χ0n) is 15.6. The Morgan fingerprint density at radius 2 is 2.22 bits per heavy atom. The molecule has 140 valence electrons.